The number of nitrogen functional groups attached to an aromatic ring is 1. The van der Waals surface area contributed by atoms with Crippen LogP contribution in [-0.4, -0.2) is 37.6 Å². The number of nitrogens with two attached hydrogens (primary N) is 1. The van der Waals surface area contributed by atoms with Crippen LogP contribution in [0.3, 0.4) is 0 Å². The number of aryl methyl sites for hydroxylation is 2. The number of aromatic nitrogens is 5. The van der Waals surface area contributed by atoms with E-state index in [0.29, 0.717) is 11.5 Å². The smallest absolute Gasteiger partial charge is 0.377 e. The van der Waals surface area contributed by atoms with Gasteiger partial charge in [-0.15, -0.1) is 5.10 Å². The summed E-state index contributed by atoms with van der Waals surface area (Å²) < 4.78 is 7.60. The van der Waals surface area contributed by atoms with Crippen LogP contribution in [-0.2, 0) is 18.2 Å². The molecule has 2 aromatic rings. The third-order valence-corrected chi connectivity index (χ3v) is 2.69. The number of carbonyl (C=O) groups is 1. The van der Waals surface area contributed by atoms with Crippen molar-refractivity contribution in [3.05, 3.63) is 17.8 Å². The Labute approximate surface area is 110 Å². The number of esters is 1. The molecule has 2 N–H and O–H groups in total. The number of ether oxygens (including phenoxy) is 1. The molecule has 0 unspecified atom stereocenters. The normalized spacial score (nSPS) is 10.7. The van der Waals surface area contributed by atoms with E-state index in [1.54, 1.807) is 11.7 Å². The summed E-state index contributed by atoms with van der Waals surface area (Å²) in [6.45, 7) is 2.05. The van der Waals surface area contributed by atoms with Crippen LogP contribution in [0.2, 0.25) is 0 Å². The summed E-state index contributed by atoms with van der Waals surface area (Å²) in [7, 11) is 3.05. The van der Waals surface area contributed by atoms with Crippen LogP contribution in [0, 0.1) is 0 Å². The summed E-state index contributed by atoms with van der Waals surface area (Å²) in [6.07, 6.45) is 3.15. The summed E-state index contributed by atoms with van der Waals surface area (Å²) in [4.78, 5) is 15.2. The van der Waals surface area contributed by atoms with Gasteiger partial charge in [0.25, 0.3) is 5.82 Å². The molecule has 0 aliphatic carbocycles. The summed E-state index contributed by atoms with van der Waals surface area (Å²) in [5.74, 6) is -0.0143. The molecule has 0 spiro atoms. The lowest BCUT2D eigenvalue weighted by molar-refractivity contribution is 0.0587. The van der Waals surface area contributed by atoms with E-state index in [-0.39, 0.29) is 5.82 Å². The topological polar surface area (TPSA) is 101 Å². The van der Waals surface area contributed by atoms with Crippen LogP contribution in [0.1, 0.15) is 29.7 Å². The van der Waals surface area contributed by atoms with Crippen LogP contribution in [0.4, 0.5) is 5.69 Å². The van der Waals surface area contributed by atoms with Crippen molar-refractivity contribution < 1.29 is 9.53 Å². The zero-order valence-electron chi connectivity index (χ0n) is 11.1. The maximum Gasteiger partial charge on any atom is 0.377 e. The van der Waals surface area contributed by atoms with Crippen molar-refractivity contribution in [1.29, 1.82) is 0 Å². The van der Waals surface area contributed by atoms with Crippen molar-refractivity contribution in [3.8, 4) is 5.82 Å². The molecule has 2 heterocycles. The van der Waals surface area contributed by atoms with Gasteiger partial charge in [-0.05, 0) is 6.42 Å². The minimum absolute atomic E-state index is 0.0138. The first-order valence-corrected chi connectivity index (χ1v) is 5.90. The van der Waals surface area contributed by atoms with Gasteiger partial charge in [0.15, 0.2) is 5.82 Å². The monoisotopic (exact) mass is 264 g/mol. The second-order valence-corrected chi connectivity index (χ2v) is 4.06. The Hall–Kier alpha value is -2.38. The van der Waals surface area contributed by atoms with Gasteiger partial charge >= 0.3 is 5.97 Å². The number of methoxy groups -OCH3 is 1. The molecule has 8 heteroatoms. The fourth-order valence-corrected chi connectivity index (χ4v) is 1.83. The quantitative estimate of drug-likeness (QED) is 0.798. The molecule has 0 saturated heterocycles. The van der Waals surface area contributed by atoms with E-state index in [2.05, 4.69) is 26.8 Å². The van der Waals surface area contributed by atoms with E-state index in [1.807, 2.05) is 0 Å². The Kier molecular flexibility index (Phi) is 3.50. The molecule has 0 atom stereocenters. The zero-order chi connectivity index (χ0) is 14.0. The Morgan fingerprint density at radius 1 is 1.47 bits per heavy atom. The Balaban J connectivity index is 2.41. The number of rotatable bonds is 4. The minimum Gasteiger partial charge on any atom is -0.463 e. The van der Waals surface area contributed by atoms with Gasteiger partial charge in [-0.3, -0.25) is 0 Å². The highest BCUT2D eigenvalue weighted by Crippen LogP contribution is 2.21. The molecule has 102 valence electrons. The maximum atomic E-state index is 11.3. The van der Waals surface area contributed by atoms with Crippen molar-refractivity contribution in [2.24, 2.45) is 7.05 Å². The number of carbonyl (C=O) groups excluding carboxylic acids is 1. The van der Waals surface area contributed by atoms with Crippen molar-refractivity contribution in [1.82, 2.24) is 24.5 Å². The van der Waals surface area contributed by atoms with Crippen molar-refractivity contribution in [2.75, 3.05) is 12.8 Å². The van der Waals surface area contributed by atoms with E-state index < -0.39 is 5.97 Å². The molecule has 0 aliphatic heterocycles. The predicted octanol–water partition coefficient (Wildman–Crippen LogP) is 0.322. The summed E-state index contributed by atoms with van der Waals surface area (Å²) >= 11 is 0. The SMILES string of the molecule is CCCc1nn(C)c(-n2cnc(C(=O)OC)n2)c1N. The highest BCUT2D eigenvalue weighted by atomic mass is 16.5. The molecule has 8 nitrogen and oxygen atoms in total. The number of nitrogens with zero attached hydrogens (tertiary/aromatic N) is 5. The van der Waals surface area contributed by atoms with Crippen LogP contribution in [0.25, 0.3) is 5.82 Å². The average Bonchev–Trinajstić information content (AvgIpc) is 2.95. The summed E-state index contributed by atoms with van der Waals surface area (Å²) in [5.41, 5.74) is 7.41. The van der Waals surface area contributed by atoms with E-state index in [9.17, 15) is 4.79 Å². The molecule has 19 heavy (non-hydrogen) atoms. The lowest BCUT2D eigenvalue weighted by Gasteiger charge is -2.01. The second kappa shape index (κ2) is 5.09. The fourth-order valence-electron chi connectivity index (χ4n) is 1.83. The first-order chi connectivity index (χ1) is 9.08. The predicted molar refractivity (Wildman–Crippen MR) is 67.9 cm³/mol. The Morgan fingerprint density at radius 2 is 2.21 bits per heavy atom. The summed E-state index contributed by atoms with van der Waals surface area (Å²) in [6, 6.07) is 0. The fraction of sp³-hybridized carbons (Fsp3) is 0.455. The molecule has 0 aromatic carbocycles. The largest absolute Gasteiger partial charge is 0.463 e. The van der Waals surface area contributed by atoms with E-state index in [0.717, 1.165) is 18.5 Å². The first kappa shape index (κ1) is 13.1. The molecular formula is C11H16N6O2. The van der Waals surface area contributed by atoms with Gasteiger partial charge < -0.3 is 10.5 Å². The maximum absolute atomic E-state index is 11.3. The van der Waals surface area contributed by atoms with E-state index >= 15 is 0 Å². The van der Waals surface area contributed by atoms with Crippen LogP contribution in [0.5, 0.6) is 0 Å². The van der Waals surface area contributed by atoms with Gasteiger partial charge in [-0.2, -0.15) is 9.78 Å². The van der Waals surface area contributed by atoms with Crippen molar-refractivity contribution >= 4 is 11.7 Å². The molecule has 2 rings (SSSR count). The lowest BCUT2D eigenvalue weighted by Crippen LogP contribution is -2.08. The molecule has 0 saturated carbocycles. The van der Waals surface area contributed by atoms with Gasteiger partial charge in [0.1, 0.15) is 12.0 Å². The van der Waals surface area contributed by atoms with Crippen molar-refractivity contribution in [2.45, 2.75) is 19.8 Å². The first-order valence-electron chi connectivity index (χ1n) is 5.90. The van der Waals surface area contributed by atoms with Crippen LogP contribution in [0.15, 0.2) is 6.33 Å². The van der Waals surface area contributed by atoms with Gasteiger partial charge in [0.2, 0.25) is 0 Å². The average molecular weight is 264 g/mol. The number of hydrogen-bond donors (Lipinski definition) is 1. The number of anilines is 1. The third kappa shape index (κ3) is 2.28. The number of hydrogen-bond acceptors (Lipinski definition) is 6. The Bertz CT molecular complexity index is 600. The van der Waals surface area contributed by atoms with Crippen molar-refractivity contribution in [3.63, 3.8) is 0 Å². The second-order valence-electron chi connectivity index (χ2n) is 4.06. The lowest BCUT2D eigenvalue weighted by atomic mass is 10.2. The Morgan fingerprint density at radius 3 is 2.84 bits per heavy atom. The third-order valence-electron chi connectivity index (χ3n) is 2.69. The standard InChI is InChI=1S/C11H16N6O2/c1-4-5-7-8(12)10(16(2)14-7)17-6-13-9(15-17)11(18)19-3/h6H,4-5,12H2,1-3H3. The molecule has 2 aromatic heterocycles. The van der Waals surface area contributed by atoms with Gasteiger partial charge in [0.05, 0.1) is 12.8 Å². The zero-order valence-corrected chi connectivity index (χ0v) is 11.1. The molecule has 0 aliphatic rings. The van der Waals surface area contributed by atoms with Gasteiger partial charge in [0, 0.05) is 7.05 Å². The molecule has 0 bridgehead atoms. The molecular weight excluding hydrogens is 248 g/mol. The highest BCUT2D eigenvalue weighted by Gasteiger charge is 2.18. The highest BCUT2D eigenvalue weighted by molar-refractivity contribution is 5.84. The van der Waals surface area contributed by atoms with Crippen LogP contribution < -0.4 is 5.73 Å². The van der Waals surface area contributed by atoms with Gasteiger partial charge in [-0.25, -0.2) is 14.5 Å². The molecule has 0 radical (unpaired) electrons. The summed E-state index contributed by atoms with van der Waals surface area (Å²) in [5, 5.41) is 8.37. The van der Waals surface area contributed by atoms with E-state index in [4.69, 9.17) is 5.73 Å². The van der Waals surface area contributed by atoms with Crippen LogP contribution >= 0.6 is 0 Å². The minimum atomic E-state index is -0.590. The van der Waals surface area contributed by atoms with Gasteiger partial charge in [-0.1, -0.05) is 13.3 Å². The molecule has 0 fully saturated rings. The van der Waals surface area contributed by atoms with E-state index in [1.165, 1.54) is 18.1 Å². The molecule has 0 amide bonds.